The Kier molecular flexibility index (Phi) is 10.4. The van der Waals surface area contributed by atoms with E-state index in [1.807, 2.05) is 75.4 Å². The van der Waals surface area contributed by atoms with Crippen LogP contribution in [0.2, 0.25) is 5.02 Å². The molecule has 0 bridgehead atoms. The van der Waals surface area contributed by atoms with E-state index >= 15 is 0 Å². The van der Waals surface area contributed by atoms with E-state index in [4.69, 9.17) is 16.3 Å². The molecule has 36 heavy (non-hydrogen) atoms. The molecule has 0 aliphatic carbocycles. The fourth-order valence-corrected chi connectivity index (χ4v) is 4.41. The summed E-state index contributed by atoms with van der Waals surface area (Å²) < 4.78 is 6.61. The molecule has 3 aromatic rings. The lowest BCUT2D eigenvalue weighted by Gasteiger charge is -2.31. The number of aryl methyl sites for hydroxylation is 1. The summed E-state index contributed by atoms with van der Waals surface area (Å²) in [5.74, 6) is 0.215. The van der Waals surface area contributed by atoms with Gasteiger partial charge in [0.05, 0.1) is 5.02 Å². The second-order valence-electron chi connectivity index (χ2n) is 9.22. The monoisotopic (exact) mass is 570 g/mol. The fraction of sp³-hybridized carbons (Fsp3) is 0.310. The van der Waals surface area contributed by atoms with Crippen molar-refractivity contribution in [2.75, 3.05) is 13.2 Å². The summed E-state index contributed by atoms with van der Waals surface area (Å²) in [6.07, 6.45) is 0.390. The zero-order valence-corrected chi connectivity index (χ0v) is 23.2. The van der Waals surface area contributed by atoms with Gasteiger partial charge in [-0.1, -0.05) is 102 Å². The van der Waals surface area contributed by atoms with Gasteiger partial charge in [0.2, 0.25) is 5.91 Å². The Hall–Kier alpha value is -2.83. The van der Waals surface area contributed by atoms with Crippen LogP contribution in [0.3, 0.4) is 0 Å². The standard InChI is InChI=1S/C29H32BrClN2O3/c1-20(2)17-32-29(35)26(15-22-7-5-4-6-8-22)33(18-23-11-9-21(3)10-12-23)28(34)19-36-27-14-13-24(30)16-25(27)31/h4-14,16,20,26H,15,17-19H2,1-3H3,(H,32,35)/t26-/m1/s1. The van der Waals surface area contributed by atoms with Gasteiger partial charge in [0.15, 0.2) is 6.61 Å². The Morgan fingerprint density at radius 3 is 2.33 bits per heavy atom. The second-order valence-corrected chi connectivity index (χ2v) is 10.5. The van der Waals surface area contributed by atoms with Crippen LogP contribution in [0, 0.1) is 12.8 Å². The van der Waals surface area contributed by atoms with E-state index in [9.17, 15) is 9.59 Å². The molecule has 0 aliphatic heterocycles. The first-order valence-corrected chi connectivity index (χ1v) is 13.1. The molecule has 0 fully saturated rings. The maximum atomic E-state index is 13.6. The number of carbonyl (C=O) groups is 2. The first kappa shape index (κ1) is 27.8. The van der Waals surface area contributed by atoms with Gasteiger partial charge in [-0.2, -0.15) is 0 Å². The lowest BCUT2D eigenvalue weighted by molar-refractivity contribution is -0.142. The summed E-state index contributed by atoms with van der Waals surface area (Å²) in [7, 11) is 0. The van der Waals surface area contributed by atoms with Gasteiger partial charge in [0.25, 0.3) is 5.91 Å². The molecule has 7 heteroatoms. The quantitative estimate of drug-likeness (QED) is 0.298. The van der Waals surface area contributed by atoms with Gasteiger partial charge in [-0.15, -0.1) is 0 Å². The molecular weight excluding hydrogens is 540 g/mol. The smallest absolute Gasteiger partial charge is 0.261 e. The maximum Gasteiger partial charge on any atom is 0.261 e. The number of hydrogen-bond acceptors (Lipinski definition) is 3. The molecule has 2 amide bonds. The Balaban J connectivity index is 1.90. The van der Waals surface area contributed by atoms with Crippen molar-refractivity contribution in [2.45, 2.75) is 39.8 Å². The summed E-state index contributed by atoms with van der Waals surface area (Å²) in [6, 6.07) is 22.2. The maximum absolute atomic E-state index is 13.6. The minimum Gasteiger partial charge on any atom is -0.482 e. The van der Waals surface area contributed by atoms with Crippen LogP contribution in [-0.2, 0) is 22.6 Å². The second kappa shape index (κ2) is 13.5. The molecule has 0 unspecified atom stereocenters. The van der Waals surface area contributed by atoms with Crippen molar-refractivity contribution in [3.05, 3.63) is 99.0 Å². The normalized spacial score (nSPS) is 11.7. The van der Waals surface area contributed by atoms with Gasteiger partial charge >= 0.3 is 0 Å². The molecule has 0 saturated carbocycles. The number of rotatable bonds is 11. The Labute approximate surface area is 226 Å². The first-order chi connectivity index (χ1) is 17.2. The average Bonchev–Trinajstić information content (AvgIpc) is 2.85. The van der Waals surface area contributed by atoms with Gasteiger partial charge in [-0.25, -0.2) is 0 Å². The lowest BCUT2D eigenvalue weighted by atomic mass is 10.0. The van der Waals surface area contributed by atoms with E-state index in [0.29, 0.717) is 23.7 Å². The third-order valence-electron chi connectivity index (χ3n) is 5.67. The fourth-order valence-electron chi connectivity index (χ4n) is 3.68. The topological polar surface area (TPSA) is 58.6 Å². The number of ether oxygens (including phenoxy) is 1. The van der Waals surface area contributed by atoms with Gasteiger partial charge < -0.3 is 15.0 Å². The Morgan fingerprint density at radius 2 is 1.69 bits per heavy atom. The van der Waals surface area contributed by atoms with Crippen molar-refractivity contribution in [2.24, 2.45) is 5.92 Å². The molecule has 3 aromatic carbocycles. The number of hydrogen-bond donors (Lipinski definition) is 1. The van der Waals surface area contributed by atoms with E-state index in [0.717, 1.165) is 21.2 Å². The predicted molar refractivity (Wildman–Crippen MR) is 148 cm³/mol. The highest BCUT2D eigenvalue weighted by molar-refractivity contribution is 9.10. The molecule has 5 nitrogen and oxygen atoms in total. The molecule has 0 aliphatic rings. The van der Waals surface area contributed by atoms with Crippen molar-refractivity contribution < 1.29 is 14.3 Å². The van der Waals surface area contributed by atoms with Crippen molar-refractivity contribution in [3.63, 3.8) is 0 Å². The third kappa shape index (κ3) is 8.38. The predicted octanol–water partition coefficient (Wildman–Crippen LogP) is 6.20. The summed E-state index contributed by atoms with van der Waals surface area (Å²) in [5.41, 5.74) is 3.03. The Morgan fingerprint density at radius 1 is 1.00 bits per heavy atom. The van der Waals surface area contributed by atoms with Crippen LogP contribution in [0.15, 0.2) is 77.3 Å². The molecular formula is C29H32BrClN2O3. The zero-order valence-electron chi connectivity index (χ0n) is 20.8. The number of carbonyl (C=O) groups excluding carboxylic acids is 2. The third-order valence-corrected chi connectivity index (χ3v) is 6.46. The zero-order chi connectivity index (χ0) is 26.1. The molecule has 3 rings (SSSR count). The van der Waals surface area contributed by atoms with Crippen molar-refractivity contribution in [1.82, 2.24) is 10.2 Å². The molecule has 1 N–H and O–H groups in total. The molecule has 0 radical (unpaired) electrons. The minimum absolute atomic E-state index is 0.185. The number of nitrogens with one attached hydrogen (secondary N) is 1. The van der Waals surface area contributed by atoms with Crippen LogP contribution in [0.25, 0.3) is 0 Å². The van der Waals surface area contributed by atoms with Crippen molar-refractivity contribution >= 4 is 39.3 Å². The van der Waals surface area contributed by atoms with Gasteiger partial charge in [0.1, 0.15) is 11.8 Å². The molecule has 190 valence electrons. The summed E-state index contributed by atoms with van der Waals surface area (Å²) in [6.45, 7) is 6.66. The first-order valence-electron chi connectivity index (χ1n) is 12.0. The molecule has 0 heterocycles. The van der Waals surface area contributed by atoms with E-state index in [-0.39, 0.29) is 30.9 Å². The van der Waals surface area contributed by atoms with Crippen LogP contribution in [0.1, 0.15) is 30.5 Å². The van der Waals surface area contributed by atoms with Crippen LogP contribution >= 0.6 is 27.5 Å². The number of amides is 2. The number of nitrogens with zero attached hydrogens (tertiary/aromatic N) is 1. The van der Waals surface area contributed by atoms with Crippen LogP contribution in [0.5, 0.6) is 5.75 Å². The van der Waals surface area contributed by atoms with Crippen LogP contribution in [-0.4, -0.2) is 35.9 Å². The van der Waals surface area contributed by atoms with Crippen LogP contribution in [0.4, 0.5) is 0 Å². The SMILES string of the molecule is Cc1ccc(CN(C(=O)COc2ccc(Br)cc2Cl)[C@H](Cc2ccccc2)C(=O)NCC(C)C)cc1. The molecule has 0 aromatic heterocycles. The van der Waals surface area contributed by atoms with Crippen molar-refractivity contribution in [1.29, 1.82) is 0 Å². The van der Waals surface area contributed by atoms with Crippen LogP contribution < -0.4 is 10.1 Å². The largest absolute Gasteiger partial charge is 0.482 e. The molecule has 1 atom stereocenters. The highest BCUT2D eigenvalue weighted by atomic mass is 79.9. The van der Waals surface area contributed by atoms with Gasteiger partial charge in [-0.05, 0) is 42.2 Å². The highest BCUT2D eigenvalue weighted by Crippen LogP contribution is 2.28. The lowest BCUT2D eigenvalue weighted by Crippen LogP contribution is -2.52. The van der Waals surface area contributed by atoms with Crippen molar-refractivity contribution in [3.8, 4) is 5.75 Å². The summed E-state index contributed by atoms with van der Waals surface area (Å²) >= 11 is 9.66. The minimum atomic E-state index is -0.705. The Bertz CT molecular complexity index is 1150. The van der Waals surface area contributed by atoms with E-state index in [1.54, 1.807) is 23.1 Å². The molecule has 0 spiro atoms. The summed E-state index contributed by atoms with van der Waals surface area (Å²) in [4.78, 5) is 28.7. The summed E-state index contributed by atoms with van der Waals surface area (Å²) in [5, 5.41) is 3.42. The molecule has 0 saturated heterocycles. The van der Waals surface area contributed by atoms with Gasteiger partial charge in [-0.3, -0.25) is 9.59 Å². The van der Waals surface area contributed by atoms with Gasteiger partial charge in [0, 0.05) is 24.0 Å². The average molecular weight is 572 g/mol. The van der Waals surface area contributed by atoms with E-state index in [1.165, 1.54) is 0 Å². The highest BCUT2D eigenvalue weighted by Gasteiger charge is 2.30. The van der Waals surface area contributed by atoms with E-state index < -0.39 is 6.04 Å². The van der Waals surface area contributed by atoms with E-state index in [2.05, 4.69) is 21.2 Å². The number of halogens is 2. The number of benzene rings is 3.